The number of hydrogen-bond donors (Lipinski definition) is 1. The van der Waals surface area contributed by atoms with Gasteiger partial charge in [-0.1, -0.05) is 0 Å². The number of ether oxygens (including phenoxy) is 2. The maximum Gasteiger partial charge on any atom is 0.189 e. The lowest BCUT2D eigenvalue weighted by atomic mass is 10.0. The van der Waals surface area contributed by atoms with Crippen LogP contribution in [0.25, 0.3) is 11.3 Å². The summed E-state index contributed by atoms with van der Waals surface area (Å²) in [5.41, 5.74) is 7.26. The lowest BCUT2D eigenvalue weighted by Gasteiger charge is -2.20. The van der Waals surface area contributed by atoms with Gasteiger partial charge in [0.05, 0.1) is 12.3 Å². The van der Waals surface area contributed by atoms with E-state index in [0.717, 1.165) is 0 Å². The molecule has 0 unspecified atom stereocenters. The third-order valence-corrected chi connectivity index (χ3v) is 2.94. The highest BCUT2D eigenvalue weighted by Crippen LogP contribution is 2.35. The molecule has 0 amide bonds. The first-order valence-electron chi connectivity index (χ1n) is 5.48. The van der Waals surface area contributed by atoms with E-state index < -0.39 is 0 Å². The first kappa shape index (κ1) is 11.0. The Morgan fingerprint density at radius 3 is 3.00 bits per heavy atom. The molecule has 2 heterocycles. The number of hydrogen-bond acceptors (Lipinski definition) is 4. The molecule has 0 spiro atoms. The van der Waals surface area contributed by atoms with E-state index in [-0.39, 0.29) is 12.6 Å². The third kappa shape index (κ3) is 1.62. The van der Waals surface area contributed by atoms with Crippen LogP contribution in [-0.2, 0) is 18.4 Å². The Labute approximate surface area is 103 Å². The van der Waals surface area contributed by atoms with Gasteiger partial charge in [0.1, 0.15) is 17.4 Å². The second-order valence-electron chi connectivity index (χ2n) is 4.09. The topological polar surface area (TPSA) is 62.3 Å². The zero-order valence-corrected chi connectivity index (χ0v) is 9.81. The SMILES string of the molecule is Cn1nc(-c2c(F)ccc3c2COCO3)cc1N. The minimum atomic E-state index is -0.360. The molecule has 0 saturated carbocycles. The molecule has 5 nitrogen and oxygen atoms in total. The summed E-state index contributed by atoms with van der Waals surface area (Å²) in [6.45, 7) is 0.487. The van der Waals surface area contributed by atoms with Gasteiger partial charge >= 0.3 is 0 Å². The molecule has 0 radical (unpaired) electrons. The average Bonchev–Trinajstić information content (AvgIpc) is 2.69. The number of nitrogens with zero attached hydrogens (tertiary/aromatic N) is 2. The molecule has 18 heavy (non-hydrogen) atoms. The molecule has 0 atom stereocenters. The molecule has 0 saturated heterocycles. The average molecular weight is 249 g/mol. The Morgan fingerprint density at radius 1 is 1.44 bits per heavy atom. The summed E-state index contributed by atoms with van der Waals surface area (Å²) >= 11 is 0. The number of aromatic nitrogens is 2. The molecule has 0 bridgehead atoms. The van der Waals surface area contributed by atoms with Crippen molar-refractivity contribution >= 4 is 5.82 Å². The quantitative estimate of drug-likeness (QED) is 0.835. The van der Waals surface area contributed by atoms with Gasteiger partial charge in [0.15, 0.2) is 6.79 Å². The van der Waals surface area contributed by atoms with Crippen LogP contribution in [-0.4, -0.2) is 16.6 Å². The Bertz CT molecular complexity index is 590. The van der Waals surface area contributed by atoms with E-state index in [0.29, 0.717) is 35.0 Å². The van der Waals surface area contributed by atoms with E-state index in [1.54, 1.807) is 19.2 Å². The maximum atomic E-state index is 14.0. The zero-order chi connectivity index (χ0) is 12.7. The molecule has 0 aliphatic carbocycles. The molecular weight excluding hydrogens is 237 g/mol. The highest BCUT2D eigenvalue weighted by atomic mass is 19.1. The van der Waals surface area contributed by atoms with Crippen molar-refractivity contribution in [3.05, 3.63) is 29.6 Å². The van der Waals surface area contributed by atoms with Gasteiger partial charge in [-0.2, -0.15) is 5.10 Å². The number of nitrogen functional groups attached to an aromatic ring is 1. The van der Waals surface area contributed by atoms with Gasteiger partial charge in [-0.3, -0.25) is 4.68 Å². The summed E-state index contributed by atoms with van der Waals surface area (Å²) in [6.07, 6.45) is 0. The van der Waals surface area contributed by atoms with E-state index in [2.05, 4.69) is 5.10 Å². The first-order valence-corrected chi connectivity index (χ1v) is 5.48. The number of rotatable bonds is 1. The summed E-state index contributed by atoms with van der Waals surface area (Å²) in [6, 6.07) is 4.60. The molecule has 3 rings (SSSR count). The van der Waals surface area contributed by atoms with E-state index in [9.17, 15) is 4.39 Å². The Morgan fingerprint density at radius 2 is 2.28 bits per heavy atom. The normalized spacial score (nSPS) is 14.1. The number of anilines is 1. The van der Waals surface area contributed by atoms with Gasteiger partial charge in [0, 0.05) is 24.2 Å². The standard InChI is InChI=1S/C12H12FN3O2/c1-16-11(14)4-9(15-16)12-7-5-17-6-18-10(7)3-2-8(12)13/h2-4H,5-6,14H2,1H3. The highest BCUT2D eigenvalue weighted by Gasteiger charge is 2.21. The van der Waals surface area contributed by atoms with Crippen molar-refractivity contribution in [3.63, 3.8) is 0 Å². The number of benzene rings is 1. The monoisotopic (exact) mass is 249 g/mol. The second-order valence-corrected chi connectivity index (χ2v) is 4.09. The van der Waals surface area contributed by atoms with Crippen LogP contribution in [0.4, 0.5) is 10.2 Å². The molecule has 2 aromatic rings. The van der Waals surface area contributed by atoms with Gasteiger partial charge in [-0.25, -0.2) is 4.39 Å². The minimum absolute atomic E-state index is 0.183. The van der Waals surface area contributed by atoms with E-state index in [4.69, 9.17) is 15.2 Å². The highest BCUT2D eigenvalue weighted by molar-refractivity contribution is 5.69. The number of fused-ring (bicyclic) bond motifs is 1. The zero-order valence-electron chi connectivity index (χ0n) is 9.81. The van der Waals surface area contributed by atoms with Crippen LogP contribution in [0.15, 0.2) is 18.2 Å². The molecule has 94 valence electrons. The van der Waals surface area contributed by atoms with Crippen molar-refractivity contribution in [2.24, 2.45) is 7.05 Å². The van der Waals surface area contributed by atoms with Crippen molar-refractivity contribution in [2.75, 3.05) is 12.5 Å². The maximum absolute atomic E-state index is 14.0. The summed E-state index contributed by atoms with van der Waals surface area (Å²) in [4.78, 5) is 0. The number of nitrogens with two attached hydrogens (primary N) is 1. The summed E-state index contributed by atoms with van der Waals surface area (Å²) in [5, 5.41) is 4.19. The van der Waals surface area contributed by atoms with E-state index in [1.807, 2.05) is 0 Å². The molecule has 2 N–H and O–H groups in total. The van der Waals surface area contributed by atoms with Crippen molar-refractivity contribution in [3.8, 4) is 17.0 Å². The van der Waals surface area contributed by atoms with Gasteiger partial charge in [0.25, 0.3) is 0 Å². The van der Waals surface area contributed by atoms with Crippen LogP contribution in [0.5, 0.6) is 5.75 Å². The summed E-state index contributed by atoms with van der Waals surface area (Å²) in [5.74, 6) is 0.738. The third-order valence-electron chi connectivity index (χ3n) is 2.94. The predicted octanol–water partition coefficient (Wildman–Crippen LogP) is 1.67. The fraction of sp³-hybridized carbons (Fsp3) is 0.250. The van der Waals surface area contributed by atoms with E-state index in [1.165, 1.54) is 10.7 Å². The Hall–Kier alpha value is -2.08. The molecule has 1 aliphatic rings. The molecule has 1 aromatic carbocycles. The van der Waals surface area contributed by atoms with Crippen molar-refractivity contribution in [1.82, 2.24) is 9.78 Å². The van der Waals surface area contributed by atoms with Crippen molar-refractivity contribution in [2.45, 2.75) is 6.61 Å². The molecule has 0 fully saturated rings. The molecule has 1 aromatic heterocycles. The van der Waals surface area contributed by atoms with Crippen LogP contribution in [0, 0.1) is 5.82 Å². The smallest absolute Gasteiger partial charge is 0.189 e. The van der Waals surface area contributed by atoms with E-state index >= 15 is 0 Å². The molecule has 6 heteroatoms. The van der Waals surface area contributed by atoms with Crippen molar-refractivity contribution < 1.29 is 13.9 Å². The van der Waals surface area contributed by atoms with Crippen LogP contribution in [0.1, 0.15) is 5.56 Å². The lowest BCUT2D eigenvalue weighted by Crippen LogP contribution is -2.13. The van der Waals surface area contributed by atoms with Crippen LogP contribution in [0.2, 0.25) is 0 Å². The Balaban J connectivity index is 2.21. The fourth-order valence-corrected chi connectivity index (χ4v) is 2.01. The summed E-state index contributed by atoms with van der Waals surface area (Å²) < 4.78 is 26.0. The minimum Gasteiger partial charge on any atom is -0.467 e. The second kappa shape index (κ2) is 3.99. The molecular formula is C12H12FN3O2. The first-order chi connectivity index (χ1) is 8.66. The van der Waals surface area contributed by atoms with Gasteiger partial charge < -0.3 is 15.2 Å². The van der Waals surface area contributed by atoms with Gasteiger partial charge in [-0.15, -0.1) is 0 Å². The van der Waals surface area contributed by atoms with Gasteiger partial charge in [0.2, 0.25) is 0 Å². The van der Waals surface area contributed by atoms with Crippen LogP contribution >= 0.6 is 0 Å². The number of halogens is 1. The van der Waals surface area contributed by atoms with Crippen LogP contribution < -0.4 is 10.5 Å². The van der Waals surface area contributed by atoms with Crippen molar-refractivity contribution in [1.29, 1.82) is 0 Å². The van der Waals surface area contributed by atoms with Gasteiger partial charge in [-0.05, 0) is 12.1 Å². The predicted molar refractivity (Wildman–Crippen MR) is 63.3 cm³/mol. The fourth-order valence-electron chi connectivity index (χ4n) is 2.01. The molecule has 1 aliphatic heterocycles. The lowest BCUT2D eigenvalue weighted by molar-refractivity contribution is -0.0162. The number of aryl methyl sites for hydroxylation is 1. The summed E-state index contributed by atoms with van der Waals surface area (Å²) in [7, 11) is 1.71. The largest absolute Gasteiger partial charge is 0.467 e. The van der Waals surface area contributed by atoms with Crippen LogP contribution in [0.3, 0.4) is 0 Å². The Kier molecular flexibility index (Phi) is 2.45.